The van der Waals surface area contributed by atoms with Crippen LogP contribution in [0.25, 0.3) is 0 Å². The highest BCUT2D eigenvalue weighted by Gasteiger charge is 2.31. The highest BCUT2D eigenvalue weighted by atomic mass is 35.5. The molecule has 1 atom stereocenters. The number of likely N-dealkylation sites (tertiary alicyclic amines) is 2. The smallest absolute Gasteiger partial charge is 0.253 e. The zero-order chi connectivity index (χ0) is 17.9. The number of rotatable bonds is 4. The van der Waals surface area contributed by atoms with E-state index in [0.29, 0.717) is 16.8 Å². The molecule has 0 saturated carbocycles. The quantitative estimate of drug-likeness (QED) is 0.797. The highest BCUT2D eigenvalue weighted by molar-refractivity contribution is 6.30. The largest absolute Gasteiger partial charge is 0.457 e. The van der Waals surface area contributed by atoms with Crippen LogP contribution in [0.15, 0.2) is 48.5 Å². The van der Waals surface area contributed by atoms with Crippen molar-refractivity contribution in [3.05, 3.63) is 59.1 Å². The molecule has 4 rings (SSSR count). The van der Waals surface area contributed by atoms with Crippen molar-refractivity contribution in [1.29, 1.82) is 0 Å². The van der Waals surface area contributed by atoms with Gasteiger partial charge in [-0.15, -0.1) is 0 Å². The van der Waals surface area contributed by atoms with Crippen LogP contribution in [-0.4, -0.2) is 47.9 Å². The summed E-state index contributed by atoms with van der Waals surface area (Å²) in [6.07, 6.45) is 3.67. The van der Waals surface area contributed by atoms with E-state index in [0.717, 1.165) is 30.8 Å². The number of ether oxygens (including phenoxy) is 1. The molecule has 0 unspecified atom stereocenters. The first-order valence-electron chi connectivity index (χ1n) is 9.26. The minimum atomic E-state index is 0.115. The van der Waals surface area contributed by atoms with Crippen LogP contribution in [0.2, 0.25) is 5.02 Å². The minimum Gasteiger partial charge on any atom is -0.457 e. The molecule has 2 aromatic carbocycles. The molecule has 0 aromatic heterocycles. The lowest BCUT2D eigenvalue weighted by Crippen LogP contribution is -2.37. The van der Waals surface area contributed by atoms with Crippen molar-refractivity contribution in [2.45, 2.75) is 25.3 Å². The molecule has 5 heteroatoms. The Bertz CT molecular complexity index is 755. The first-order chi connectivity index (χ1) is 12.7. The predicted octanol–water partition coefficient (Wildman–Crippen LogP) is 4.44. The molecule has 2 saturated heterocycles. The van der Waals surface area contributed by atoms with Crippen molar-refractivity contribution in [2.75, 3.05) is 26.2 Å². The summed E-state index contributed by atoms with van der Waals surface area (Å²) in [6, 6.07) is 15.1. The Balaban J connectivity index is 1.37. The SMILES string of the molecule is O=C(c1ccc(Oc2ccc(Cl)cc2)cc1)N1CC[C@H](N2CCCC2)C1. The molecule has 136 valence electrons. The molecule has 0 radical (unpaired) electrons. The fraction of sp³-hybridized carbons (Fsp3) is 0.381. The van der Waals surface area contributed by atoms with Crippen molar-refractivity contribution in [3.63, 3.8) is 0 Å². The van der Waals surface area contributed by atoms with E-state index in [1.54, 1.807) is 12.1 Å². The van der Waals surface area contributed by atoms with Gasteiger partial charge in [-0.3, -0.25) is 9.69 Å². The molecule has 0 bridgehead atoms. The van der Waals surface area contributed by atoms with Gasteiger partial charge >= 0.3 is 0 Å². The first-order valence-corrected chi connectivity index (χ1v) is 9.64. The zero-order valence-electron chi connectivity index (χ0n) is 14.7. The number of hydrogen-bond donors (Lipinski definition) is 0. The number of carbonyl (C=O) groups is 1. The van der Waals surface area contributed by atoms with Gasteiger partial charge < -0.3 is 9.64 Å². The molecule has 2 fully saturated rings. The van der Waals surface area contributed by atoms with E-state index < -0.39 is 0 Å². The van der Waals surface area contributed by atoms with Gasteiger partial charge in [0.25, 0.3) is 5.91 Å². The van der Waals surface area contributed by atoms with E-state index in [9.17, 15) is 4.79 Å². The number of carbonyl (C=O) groups excluding carboxylic acids is 1. The summed E-state index contributed by atoms with van der Waals surface area (Å²) in [7, 11) is 0. The van der Waals surface area contributed by atoms with Crippen LogP contribution in [-0.2, 0) is 0 Å². The van der Waals surface area contributed by atoms with E-state index in [-0.39, 0.29) is 5.91 Å². The Morgan fingerprint density at radius 1 is 0.923 bits per heavy atom. The third-order valence-electron chi connectivity index (χ3n) is 5.26. The topological polar surface area (TPSA) is 32.8 Å². The second kappa shape index (κ2) is 7.68. The van der Waals surface area contributed by atoms with Crippen LogP contribution in [0.5, 0.6) is 11.5 Å². The van der Waals surface area contributed by atoms with Gasteiger partial charge in [0.05, 0.1) is 0 Å². The van der Waals surface area contributed by atoms with E-state index in [2.05, 4.69) is 4.90 Å². The number of amides is 1. The van der Waals surface area contributed by atoms with Crippen LogP contribution in [0.3, 0.4) is 0 Å². The van der Waals surface area contributed by atoms with Crippen molar-refractivity contribution in [1.82, 2.24) is 9.80 Å². The van der Waals surface area contributed by atoms with E-state index in [4.69, 9.17) is 16.3 Å². The molecule has 0 aliphatic carbocycles. The second-order valence-electron chi connectivity index (χ2n) is 7.02. The van der Waals surface area contributed by atoms with Gasteiger partial charge in [-0.25, -0.2) is 0 Å². The van der Waals surface area contributed by atoms with Crippen LogP contribution in [0.4, 0.5) is 0 Å². The molecule has 2 heterocycles. The predicted molar refractivity (Wildman–Crippen MR) is 103 cm³/mol. The maximum Gasteiger partial charge on any atom is 0.253 e. The zero-order valence-corrected chi connectivity index (χ0v) is 15.5. The molecular formula is C21H23ClN2O2. The van der Waals surface area contributed by atoms with Crippen LogP contribution in [0, 0.1) is 0 Å². The molecule has 4 nitrogen and oxygen atoms in total. The van der Waals surface area contributed by atoms with E-state index >= 15 is 0 Å². The summed E-state index contributed by atoms with van der Waals surface area (Å²) in [5.74, 6) is 1.55. The normalized spacial score (nSPS) is 20.5. The minimum absolute atomic E-state index is 0.115. The lowest BCUT2D eigenvalue weighted by Gasteiger charge is -2.23. The number of halogens is 1. The van der Waals surface area contributed by atoms with E-state index in [1.807, 2.05) is 41.3 Å². The third kappa shape index (κ3) is 3.87. The Kier molecular flexibility index (Phi) is 5.14. The van der Waals surface area contributed by atoms with Crippen LogP contribution in [0.1, 0.15) is 29.6 Å². The molecule has 2 aliphatic heterocycles. The fourth-order valence-electron chi connectivity index (χ4n) is 3.82. The van der Waals surface area contributed by atoms with Crippen molar-refractivity contribution < 1.29 is 9.53 Å². The average molecular weight is 371 g/mol. The molecule has 26 heavy (non-hydrogen) atoms. The van der Waals surface area contributed by atoms with Gasteiger partial charge in [-0.2, -0.15) is 0 Å². The lowest BCUT2D eigenvalue weighted by molar-refractivity contribution is 0.0780. The maximum absolute atomic E-state index is 12.8. The fourth-order valence-corrected chi connectivity index (χ4v) is 3.94. The highest BCUT2D eigenvalue weighted by Crippen LogP contribution is 2.25. The summed E-state index contributed by atoms with van der Waals surface area (Å²) >= 11 is 5.88. The number of hydrogen-bond acceptors (Lipinski definition) is 3. The van der Waals surface area contributed by atoms with Gasteiger partial charge in [0.1, 0.15) is 11.5 Å². The molecule has 0 N–H and O–H groups in total. The molecular weight excluding hydrogens is 348 g/mol. The molecule has 2 aromatic rings. The summed E-state index contributed by atoms with van der Waals surface area (Å²) in [4.78, 5) is 17.3. The molecule has 2 aliphatic rings. The van der Waals surface area contributed by atoms with Crippen molar-refractivity contribution in [2.24, 2.45) is 0 Å². The number of nitrogens with zero attached hydrogens (tertiary/aromatic N) is 2. The Morgan fingerprint density at radius 2 is 1.54 bits per heavy atom. The third-order valence-corrected chi connectivity index (χ3v) is 5.51. The van der Waals surface area contributed by atoms with Crippen molar-refractivity contribution >= 4 is 17.5 Å². The summed E-state index contributed by atoms with van der Waals surface area (Å²) in [5.41, 5.74) is 0.718. The van der Waals surface area contributed by atoms with Crippen molar-refractivity contribution in [3.8, 4) is 11.5 Å². The van der Waals surface area contributed by atoms with Gasteiger partial charge in [-0.1, -0.05) is 11.6 Å². The molecule has 1 amide bonds. The standard InChI is InChI=1S/C21H23ClN2O2/c22-17-5-9-20(10-6-17)26-19-7-3-16(4-8-19)21(25)24-14-11-18(15-24)23-12-1-2-13-23/h3-10,18H,1-2,11-15H2/t18-/m0/s1. The van der Waals surface area contributed by atoms with Gasteiger partial charge in [0.15, 0.2) is 0 Å². The maximum atomic E-state index is 12.8. The van der Waals surface area contributed by atoms with Crippen LogP contribution < -0.4 is 4.74 Å². The average Bonchev–Trinajstić information content (AvgIpc) is 3.35. The monoisotopic (exact) mass is 370 g/mol. The lowest BCUT2D eigenvalue weighted by atomic mass is 10.2. The number of benzene rings is 2. The Labute approximate surface area is 159 Å². The Hall–Kier alpha value is -2.04. The molecule has 0 spiro atoms. The Morgan fingerprint density at radius 3 is 2.19 bits per heavy atom. The van der Waals surface area contributed by atoms with Gasteiger partial charge in [0.2, 0.25) is 0 Å². The van der Waals surface area contributed by atoms with Gasteiger partial charge in [0, 0.05) is 29.7 Å². The summed E-state index contributed by atoms with van der Waals surface area (Å²) < 4.78 is 5.79. The first kappa shape index (κ1) is 17.4. The summed E-state index contributed by atoms with van der Waals surface area (Å²) in [5, 5.41) is 0.677. The second-order valence-corrected chi connectivity index (χ2v) is 7.45. The van der Waals surface area contributed by atoms with Crippen LogP contribution >= 0.6 is 11.6 Å². The van der Waals surface area contributed by atoms with E-state index in [1.165, 1.54) is 25.9 Å². The summed E-state index contributed by atoms with van der Waals surface area (Å²) in [6.45, 7) is 4.07. The van der Waals surface area contributed by atoms with Gasteiger partial charge in [-0.05, 0) is 80.9 Å².